The third-order valence-corrected chi connectivity index (χ3v) is 3.41. The van der Waals surface area contributed by atoms with Crippen LogP contribution in [-0.2, 0) is 4.74 Å². The minimum atomic E-state index is 0.264. The van der Waals surface area contributed by atoms with Gasteiger partial charge in [0.25, 0.3) is 0 Å². The molecule has 0 amide bonds. The molecule has 2 aliphatic rings. The molecular weight excluding hydrogens is 196 g/mol. The predicted molar refractivity (Wildman–Crippen MR) is 68.3 cm³/mol. The zero-order valence-corrected chi connectivity index (χ0v) is 10.1. The van der Waals surface area contributed by atoms with Crippen LogP contribution >= 0.6 is 0 Å². The van der Waals surface area contributed by atoms with Crippen molar-refractivity contribution in [1.82, 2.24) is 0 Å². The maximum atomic E-state index is 5.29. The van der Waals surface area contributed by atoms with Crippen molar-refractivity contribution in [2.45, 2.75) is 32.3 Å². The van der Waals surface area contributed by atoms with Gasteiger partial charge < -0.3 is 4.74 Å². The largest absolute Gasteiger partial charge is 0.377 e. The molecule has 2 rings (SSSR count). The fourth-order valence-electron chi connectivity index (χ4n) is 2.17. The maximum absolute atomic E-state index is 5.29. The number of ether oxygens (including phenoxy) is 1. The summed E-state index contributed by atoms with van der Waals surface area (Å²) in [4.78, 5) is 0. The first-order valence-electron chi connectivity index (χ1n) is 6.13. The molecule has 0 heterocycles. The molecule has 2 aliphatic carbocycles. The summed E-state index contributed by atoms with van der Waals surface area (Å²) in [7, 11) is 1.76. The van der Waals surface area contributed by atoms with Gasteiger partial charge in [-0.15, -0.1) is 0 Å². The van der Waals surface area contributed by atoms with E-state index in [9.17, 15) is 0 Å². The van der Waals surface area contributed by atoms with Crippen LogP contribution in [0.3, 0.4) is 0 Å². The molecule has 86 valence electrons. The maximum Gasteiger partial charge on any atom is 0.0790 e. The van der Waals surface area contributed by atoms with E-state index in [0.29, 0.717) is 0 Å². The molecule has 0 N–H and O–H groups in total. The highest BCUT2D eigenvalue weighted by molar-refractivity contribution is 5.49. The summed E-state index contributed by atoms with van der Waals surface area (Å²) in [5.41, 5.74) is 2.72. The van der Waals surface area contributed by atoms with E-state index in [1.165, 1.54) is 24.0 Å². The second kappa shape index (κ2) is 5.31. The first kappa shape index (κ1) is 11.4. The van der Waals surface area contributed by atoms with Crippen LogP contribution in [0.5, 0.6) is 0 Å². The smallest absolute Gasteiger partial charge is 0.0790 e. The van der Waals surface area contributed by atoms with E-state index >= 15 is 0 Å². The van der Waals surface area contributed by atoms with Crippen LogP contribution in [-0.4, -0.2) is 13.2 Å². The van der Waals surface area contributed by atoms with E-state index in [1.807, 2.05) is 0 Å². The van der Waals surface area contributed by atoms with Gasteiger partial charge in [0.1, 0.15) is 0 Å². The van der Waals surface area contributed by atoms with E-state index in [4.69, 9.17) is 4.74 Å². The standard InChI is InChI=1S/C15H20O/c1-3-12-4-6-13(7-5-12)14-8-10-15(16-2)11-9-14/h4,6-10,12,15H,3,5,11H2,1-2H3. The molecule has 0 radical (unpaired) electrons. The summed E-state index contributed by atoms with van der Waals surface area (Å²) in [6, 6.07) is 0. The average molecular weight is 216 g/mol. The van der Waals surface area contributed by atoms with Gasteiger partial charge in [-0.25, -0.2) is 0 Å². The molecule has 2 atom stereocenters. The molecular formula is C15H20O. The van der Waals surface area contributed by atoms with Crippen molar-refractivity contribution >= 4 is 0 Å². The normalized spacial score (nSPS) is 28.9. The lowest BCUT2D eigenvalue weighted by Gasteiger charge is -2.18. The molecule has 0 aromatic heterocycles. The minimum Gasteiger partial charge on any atom is -0.377 e. The van der Waals surface area contributed by atoms with Crippen molar-refractivity contribution in [3.63, 3.8) is 0 Å². The number of allylic oxidation sites excluding steroid dienone is 6. The van der Waals surface area contributed by atoms with Crippen molar-refractivity contribution in [3.8, 4) is 0 Å². The molecule has 0 saturated heterocycles. The number of methoxy groups -OCH3 is 1. The molecule has 0 spiro atoms. The predicted octanol–water partition coefficient (Wildman–Crippen LogP) is 3.80. The number of hydrogen-bond acceptors (Lipinski definition) is 1. The van der Waals surface area contributed by atoms with E-state index in [-0.39, 0.29) is 6.10 Å². The summed E-state index contributed by atoms with van der Waals surface area (Å²) in [6.45, 7) is 2.25. The zero-order chi connectivity index (χ0) is 11.4. The molecule has 1 nitrogen and oxygen atoms in total. The van der Waals surface area contributed by atoms with Crippen LogP contribution in [0.25, 0.3) is 0 Å². The molecule has 0 aromatic carbocycles. The summed E-state index contributed by atoms with van der Waals surface area (Å²) in [6.07, 6.45) is 17.2. The highest BCUT2D eigenvalue weighted by Gasteiger charge is 2.12. The topological polar surface area (TPSA) is 9.23 Å². The monoisotopic (exact) mass is 216 g/mol. The van der Waals surface area contributed by atoms with E-state index in [1.54, 1.807) is 7.11 Å². The lowest BCUT2D eigenvalue weighted by molar-refractivity contribution is 0.142. The van der Waals surface area contributed by atoms with Gasteiger partial charge in [0.05, 0.1) is 6.10 Å². The van der Waals surface area contributed by atoms with Gasteiger partial charge in [-0.05, 0) is 36.3 Å². The van der Waals surface area contributed by atoms with Crippen molar-refractivity contribution in [3.05, 3.63) is 47.6 Å². The van der Waals surface area contributed by atoms with E-state index in [0.717, 1.165) is 12.3 Å². The molecule has 1 heteroatoms. The average Bonchev–Trinajstić information content (AvgIpc) is 2.39. The Morgan fingerprint density at radius 1 is 1.12 bits per heavy atom. The van der Waals surface area contributed by atoms with Crippen LogP contribution in [0.1, 0.15) is 26.2 Å². The Morgan fingerprint density at radius 3 is 2.25 bits per heavy atom. The van der Waals surface area contributed by atoms with Crippen molar-refractivity contribution in [2.24, 2.45) is 5.92 Å². The van der Waals surface area contributed by atoms with Crippen molar-refractivity contribution in [1.29, 1.82) is 0 Å². The summed E-state index contributed by atoms with van der Waals surface area (Å²) in [5, 5.41) is 0. The Bertz CT molecular complexity index is 322. The molecule has 0 fully saturated rings. The zero-order valence-electron chi connectivity index (χ0n) is 10.1. The Morgan fingerprint density at radius 2 is 1.81 bits per heavy atom. The summed E-state index contributed by atoms with van der Waals surface area (Å²) >= 11 is 0. The third-order valence-electron chi connectivity index (χ3n) is 3.41. The van der Waals surface area contributed by atoms with Gasteiger partial charge in [0.15, 0.2) is 0 Å². The second-order valence-electron chi connectivity index (χ2n) is 4.45. The second-order valence-corrected chi connectivity index (χ2v) is 4.45. The lowest BCUT2D eigenvalue weighted by Crippen LogP contribution is -2.09. The van der Waals surface area contributed by atoms with Crippen LogP contribution in [0, 0.1) is 5.92 Å². The van der Waals surface area contributed by atoms with Crippen molar-refractivity contribution < 1.29 is 4.74 Å². The van der Waals surface area contributed by atoms with Gasteiger partial charge in [-0.3, -0.25) is 0 Å². The van der Waals surface area contributed by atoms with Crippen LogP contribution < -0.4 is 0 Å². The molecule has 2 unspecified atom stereocenters. The highest BCUT2D eigenvalue weighted by atomic mass is 16.5. The first-order valence-corrected chi connectivity index (χ1v) is 6.13. The van der Waals surface area contributed by atoms with Gasteiger partial charge in [-0.2, -0.15) is 0 Å². The number of rotatable bonds is 3. The molecule has 0 aliphatic heterocycles. The third kappa shape index (κ3) is 2.53. The van der Waals surface area contributed by atoms with Crippen LogP contribution in [0.15, 0.2) is 47.6 Å². The Balaban J connectivity index is 2.01. The molecule has 16 heavy (non-hydrogen) atoms. The van der Waals surface area contributed by atoms with E-state index in [2.05, 4.69) is 43.4 Å². The quantitative estimate of drug-likeness (QED) is 0.697. The van der Waals surface area contributed by atoms with Crippen LogP contribution in [0.4, 0.5) is 0 Å². The highest BCUT2D eigenvalue weighted by Crippen LogP contribution is 2.26. The SMILES string of the molecule is CCC1C=CC(C2=CCC(OC)C=C2)=CC1. The number of hydrogen-bond donors (Lipinski definition) is 0. The van der Waals surface area contributed by atoms with Gasteiger partial charge in [0, 0.05) is 7.11 Å². The Labute approximate surface area is 98.2 Å². The molecule has 0 saturated carbocycles. The summed E-state index contributed by atoms with van der Waals surface area (Å²) < 4.78 is 5.29. The Hall–Kier alpha value is -1.08. The fraction of sp³-hybridized carbons (Fsp3) is 0.467. The van der Waals surface area contributed by atoms with Gasteiger partial charge in [0.2, 0.25) is 0 Å². The van der Waals surface area contributed by atoms with Crippen LogP contribution in [0.2, 0.25) is 0 Å². The van der Waals surface area contributed by atoms with Gasteiger partial charge >= 0.3 is 0 Å². The van der Waals surface area contributed by atoms with E-state index < -0.39 is 0 Å². The first-order chi connectivity index (χ1) is 7.83. The minimum absolute atomic E-state index is 0.264. The van der Waals surface area contributed by atoms with Crippen molar-refractivity contribution in [2.75, 3.05) is 7.11 Å². The molecule has 0 aromatic rings. The fourth-order valence-corrected chi connectivity index (χ4v) is 2.17. The van der Waals surface area contributed by atoms with Gasteiger partial charge in [-0.1, -0.05) is 43.4 Å². The Kier molecular flexibility index (Phi) is 3.79. The molecule has 0 bridgehead atoms. The lowest BCUT2D eigenvalue weighted by atomic mass is 9.89. The summed E-state index contributed by atoms with van der Waals surface area (Å²) in [5.74, 6) is 0.739.